The summed E-state index contributed by atoms with van der Waals surface area (Å²) < 4.78 is 6.17. The first-order chi connectivity index (χ1) is 13.8. The molecule has 0 bridgehead atoms. The summed E-state index contributed by atoms with van der Waals surface area (Å²) in [5, 5.41) is 2.24. The summed E-state index contributed by atoms with van der Waals surface area (Å²) in [6, 6.07) is 9.77. The molecule has 0 radical (unpaired) electrons. The number of barbiturate groups is 1. The number of benzene rings is 2. The van der Waals surface area contributed by atoms with Gasteiger partial charge in [-0.2, -0.15) is 0 Å². The third-order valence-electron chi connectivity index (χ3n) is 4.32. The van der Waals surface area contributed by atoms with Crippen LogP contribution in [0.1, 0.15) is 16.7 Å². The van der Waals surface area contributed by atoms with Crippen LogP contribution in [-0.4, -0.2) is 24.5 Å². The molecule has 1 aliphatic heterocycles. The lowest BCUT2D eigenvalue weighted by atomic mass is 10.0. The first kappa shape index (κ1) is 20.5. The van der Waals surface area contributed by atoms with Crippen molar-refractivity contribution in [3.05, 3.63) is 75.8 Å². The lowest BCUT2D eigenvalue weighted by Crippen LogP contribution is -2.54. The SMILES string of the molecule is C=CCOc1ccc(/C=C2\C(=O)NC(=O)N(c3ccc(C)cc3C)C2=O)cc1Br. The Labute approximate surface area is 177 Å². The number of hydrogen-bond acceptors (Lipinski definition) is 4. The molecule has 6 nitrogen and oxygen atoms in total. The van der Waals surface area contributed by atoms with Crippen LogP contribution in [0, 0.1) is 13.8 Å². The molecule has 3 rings (SSSR count). The Hall–Kier alpha value is -3.19. The van der Waals surface area contributed by atoms with Crippen LogP contribution < -0.4 is 15.0 Å². The van der Waals surface area contributed by atoms with E-state index in [1.807, 2.05) is 26.0 Å². The van der Waals surface area contributed by atoms with Gasteiger partial charge in [-0.1, -0.05) is 36.4 Å². The summed E-state index contributed by atoms with van der Waals surface area (Å²) in [5.74, 6) is -0.795. The van der Waals surface area contributed by atoms with Crippen molar-refractivity contribution in [2.75, 3.05) is 11.5 Å². The summed E-state index contributed by atoms with van der Waals surface area (Å²) in [6.45, 7) is 7.68. The largest absolute Gasteiger partial charge is 0.488 e. The number of aryl methyl sites for hydroxylation is 2. The second-order valence-corrected chi connectivity index (χ2v) is 7.39. The summed E-state index contributed by atoms with van der Waals surface area (Å²) in [4.78, 5) is 38.7. The van der Waals surface area contributed by atoms with Crippen molar-refractivity contribution in [2.24, 2.45) is 0 Å². The molecule has 0 aliphatic carbocycles. The molecule has 0 saturated carbocycles. The molecule has 0 spiro atoms. The van der Waals surface area contributed by atoms with Crippen molar-refractivity contribution in [3.8, 4) is 5.75 Å². The third-order valence-corrected chi connectivity index (χ3v) is 4.94. The number of halogens is 1. The zero-order valence-corrected chi connectivity index (χ0v) is 17.6. The zero-order valence-electron chi connectivity index (χ0n) is 16.0. The maximum Gasteiger partial charge on any atom is 0.335 e. The minimum Gasteiger partial charge on any atom is -0.488 e. The van der Waals surface area contributed by atoms with Gasteiger partial charge < -0.3 is 4.74 Å². The number of carbonyl (C=O) groups is 3. The molecular formula is C22H19BrN2O4. The van der Waals surface area contributed by atoms with Gasteiger partial charge in [0.1, 0.15) is 17.9 Å². The smallest absolute Gasteiger partial charge is 0.335 e. The molecule has 29 heavy (non-hydrogen) atoms. The summed E-state index contributed by atoms with van der Waals surface area (Å²) in [6.07, 6.45) is 3.08. The molecule has 4 amide bonds. The Morgan fingerprint density at radius 3 is 2.55 bits per heavy atom. The normalized spacial score (nSPS) is 15.5. The molecule has 0 atom stereocenters. The highest BCUT2D eigenvalue weighted by Crippen LogP contribution is 2.29. The van der Waals surface area contributed by atoms with E-state index in [0.29, 0.717) is 28.1 Å². The average Bonchev–Trinajstić information content (AvgIpc) is 2.66. The van der Waals surface area contributed by atoms with Crippen molar-refractivity contribution in [1.82, 2.24) is 5.32 Å². The van der Waals surface area contributed by atoms with E-state index in [1.165, 1.54) is 6.08 Å². The van der Waals surface area contributed by atoms with E-state index >= 15 is 0 Å². The van der Waals surface area contributed by atoms with E-state index in [4.69, 9.17) is 4.74 Å². The third kappa shape index (κ3) is 4.30. The van der Waals surface area contributed by atoms with Crippen molar-refractivity contribution in [1.29, 1.82) is 0 Å². The number of urea groups is 1. The van der Waals surface area contributed by atoms with Gasteiger partial charge >= 0.3 is 6.03 Å². The number of amides is 4. The quantitative estimate of drug-likeness (QED) is 0.415. The van der Waals surface area contributed by atoms with Crippen LogP contribution in [0.3, 0.4) is 0 Å². The van der Waals surface area contributed by atoms with E-state index in [9.17, 15) is 14.4 Å². The predicted molar refractivity (Wildman–Crippen MR) is 115 cm³/mol. The zero-order chi connectivity index (χ0) is 21.1. The molecule has 1 N–H and O–H groups in total. The van der Waals surface area contributed by atoms with Crippen LogP contribution in [0.2, 0.25) is 0 Å². The molecule has 1 heterocycles. The monoisotopic (exact) mass is 454 g/mol. The topological polar surface area (TPSA) is 75.7 Å². The van der Waals surface area contributed by atoms with Crippen LogP contribution in [0.25, 0.3) is 6.08 Å². The molecule has 148 valence electrons. The Bertz CT molecular complexity index is 1060. The van der Waals surface area contributed by atoms with Crippen molar-refractivity contribution in [3.63, 3.8) is 0 Å². The van der Waals surface area contributed by atoms with Gasteiger partial charge in [-0.25, -0.2) is 9.69 Å². The van der Waals surface area contributed by atoms with Gasteiger partial charge in [-0.3, -0.25) is 14.9 Å². The first-order valence-corrected chi connectivity index (χ1v) is 9.63. The lowest BCUT2D eigenvalue weighted by molar-refractivity contribution is -0.122. The van der Waals surface area contributed by atoms with Gasteiger partial charge in [0.05, 0.1) is 10.2 Å². The van der Waals surface area contributed by atoms with Crippen LogP contribution >= 0.6 is 15.9 Å². The van der Waals surface area contributed by atoms with Crippen LogP contribution in [-0.2, 0) is 9.59 Å². The van der Waals surface area contributed by atoms with Crippen LogP contribution in [0.5, 0.6) is 5.75 Å². The minimum absolute atomic E-state index is 0.128. The van der Waals surface area contributed by atoms with Gasteiger partial charge in [-0.05, 0) is 65.2 Å². The van der Waals surface area contributed by atoms with Crippen molar-refractivity contribution >= 4 is 45.5 Å². The van der Waals surface area contributed by atoms with Gasteiger partial charge in [0.15, 0.2) is 0 Å². The Morgan fingerprint density at radius 1 is 1.14 bits per heavy atom. The second kappa shape index (κ2) is 8.45. The van der Waals surface area contributed by atoms with E-state index in [2.05, 4.69) is 27.8 Å². The molecule has 7 heteroatoms. The highest BCUT2D eigenvalue weighted by atomic mass is 79.9. The number of imide groups is 2. The fourth-order valence-corrected chi connectivity index (χ4v) is 3.48. The summed E-state index contributed by atoms with van der Waals surface area (Å²) >= 11 is 3.41. The summed E-state index contributed by atoms with van der Waals surface area (Å²) in [7, 11) is 0. The fraction of sp³-hybridized carbons (Fsp3) is 0.136. The maximum atomic E-state index is 13.0. The van der Waals surface area contributed by atoms with E-state index in [-0.39, 0.29) is 5.57 Å². The van der Waals surface area contributed by atoms with Crippen molar-refractivity contribution in [2.45, 2.75) is 13.8 Å². The Kier molecular flexibility index (Phi) is 5.98. The average molecular weight is 455 g/mol. The fourth-order valence-electron chi connectivity index (χ4n) is 2.97. The van der Waals surface area contributed by atoms with E-state index < -0.39 is 17.8 Å². The standard InChI is InChI=1S/C22H19BrN2O4/c1-4-9-29-19-8-6-15(12-17(19)23)11-16-20(26)24-22(28)25(21(16)27)18-7-5-13(2)10-14(18)3/h4-8,10-12H,1,9H2,2-3H3,(H,24,26,28)/b16-11+. The van der Waals surface area contributed by atoms with Gasteiger partial charge in [0.2, 0.25) is 0 Å². The summed E-state index contributed by atoms with van der Waals surface area (Å²) in [5.41, 5.74) is 2.68. The molecule has 1 saturated heterocycles. The van der Waals surface area contributed by atoms with E-state index in [0.717, 1.165) is 16.0 Å². The van der Waals surface area contributed by atoms with Crippen LogP contribution in [0.4, 0.5) is 10.5 Å². The molecule has 0 aromatic heterocycles. The number of hydrogen-bond donors (Lipinski definition) is 1. The van der Waals surface area contributed by atoms with E-state index in [1.54, 1.807) is 30.3 Å². The Morgan fingerprint density at radius 2 is 1.90 bits per heavy atom. The molecule has 2 aromatic rings. The van der Waals surface area contributed by atoms with Gasteiger partial charge in [-0.15, -0.1) is 0 Å². The number of ether oxygens (including phenoxy) is 1. The predicted octanol–water partition coefficient (Wildman–Crippen LogP) is 4.30. The highest BCUT2D eigenvalue weighted by Gasteiger charge is 2.37. The number of nitrogens with one attached hydrogen (secondary N) is 1. The first-order valence-electron chi connectivity index (χ1n) is 8.83. The Balaban J connectivity index is 1.97. The lowest BCUT2D eigenvalue weighted by Gasteiger charge is -2.27. The van der Waals surface area contributed by atoms with Crippen molar-refractivity contribution < 1.29 is 19.1 Å². The highest BCUT2D eigenvalue weighted by molar-refractivity contribution is 9.10. The van der Waals surface area contributed by atoms with Gasteiger partial charge in [0.25, 0.3) is 11.8 Å². The minimum atomic E-state index is -0.765. The second-order valence-electron chi connectivity index (χ2n) is 6.54. The molecule has 2 aromatic carbocycles. The number of rotatable bonds is 5. The van der Waals surface area contributed by atoms with Gasteiger partial charge in [0, 0.05) is 0 Å². The number of carbonyl (C=O) groups excluding carboxylic acids is 3. The number of nitrogens with zero attached hydrogens (tertiary/aromatic N) is 1. The maximum absolute atomic E-state index is 13.0. The number of anilines is 1. The molecule has 0 unspecified atom stereocenters. The van der Waals surface area contributed by atoms with Crippen LogP contribution in [0.15, 0.2) is 59.1 Å². The molecule has 1 fully saturated rings. The molecule has 1 aliphatic rings. The molecular weight excluding hydrogens is 436 g/mol.